The highest BCUT2D eigenvalue weighted by molar-refractivity contribution is 7.81. The molecule has 3 nitrogen and oxygen atoms in total. The fourth-order valence-electron chi connectivity index (χ4n) is 3.20. The van der Waals surface area contributed by atoms with Crippen molar-refractivity contribution in [3.8, 4) is 0 Å². The number of amides is 1. The van der Waals surface area contributed by atoms with E-state index in [2.05, 4.69) is 12.1 Å². The third-order valence-corrected chi connectivity index (χ3v) is 4.93. The van der Waals surface area contributed by atoms with E-state index < -0.39 is 5.82 Å². The number of thiocarbonyl (C=S) groups is 1. The van der Waals surface area contributed by atoms with Gasteiger partial charge in [0.25, 0.3) is 5.91 Å². The van der Waals surface area contributed by atoms with Gasteiger partial charge in [-0.3, -0.25) is 9.69 Å². The number of rotatable bonds is 4. The van der Waals surface area contributed by atoms with Crippen molar-refractivity contribution in [1.82, 2.24) is 0 Å². The molecule has 1 amide bonds. The number of nitrogens with zero attached hydrogens (tertiary/aromatic N) is 2. The molecule has 1 saturated heterocycles. The van der Waals surface area contributed by atoms with Gasteiger partial charge in [-0.2, -0.15) is 0 Å². The second kappa shape index (κ2) is 7.29. The first-order valence-corrected chi connectivity index (χ1v) is 9.05. The van der Waals surface area contributed by atoms with Gasteiger partial charge < -0.3 is 4.90 Å². The second-order valence-electron chi connectivity index (χ2n) is 6.41. The van der Waals surface area contributed by atoms with Crippen LogP contribution in [0.15, 0.2) is 78.9 Å². The van der Waals surface area contributed by atoms with Crippen LogP contribution in [0.3, 0.4) is 0 Å². The number of hydrogen-bond donors (Lipinski definition) is 0. The molecule has 0 saturated carbocycles. The molecule has 0 atom stereocenters. The van der Waals surface area contributed by atoms with E-state index in [1.165, 1.54) is 28.2 Å². The van der Waals surface area contributed by atoms with E-state index in [9.17, 15) is 9.18 Å². The summed E-state index contributed by atoms with van der Waals surface area (Å²) in [6.07, 6.45) is 0.847. The average Bonchev–Trinajstić information content (AvgIpc) is 2.97. The maximum absolute atomic E-state index is 13.5. The van der Waals surface area contributed by atoms with Gasteiger partial charge in [0, 0.05) is 5.69 Å². The van der Waals surface area contributed by atoms with Gasteiger partial charge in [0.15, 0.2) is 5.11 Å². The van der Waals surface area contributed by atoms with Gasteiger partial charge in [-0.05, 0) is 60.1 Å². The zero-order chi connectivity index (χ0) is 18.8. The number of carbonyl (C=O) groups excluding carboxylic acids is 1. The maximum atomic E-state index is 13.5. The van der Waals surface area contributed by atoms with Crippen molar-refractivity contribution >= 4 is 34.6 Å². The molecule has 1 fully saturated rings. The number of carbonyl (C=O) groups is 1. The number of hydrogen-bond acceptors (Lipinski definition) is 2. The molecule has 3 aromatic rings. The summed E-state index contributed by atoms with van der Waals surface area (Å²) in [4.78, 5) is 15.6. The Kier molecular flexibility index (Phi) is 4.69. The zero-order valence-electron chi connectivity index (χ0n) is 14.5. The molecule has 1 aliphatic heterocycles. The van der Waals surface area contributed by atoms with E-state index >= 15 is 0 Å². The third-order valence-electron chi connectivity index (χ3n) is 4.53. The van der Waals surface area contributed by atoms with Crippen molar-refractivity contribution in [1.29, 1.82) is 0 Å². The van der Waals surface area contributed by atoms with Gasteiger partial charge in [0.05, 0.1) is 5.69 Å². The molecule has 0 spiro atoms. The first-order valence-electron chi connectivity index (χ1n) is 8.65. The monoisotopic (exact) mass is 376 g/mol. The Balaban J connectivity index is 1.53. The summed E-state index contributed by atoms with van der Waals surface area (Å²) in [5, 5.41) is 0.362. The fourth-order valence-corrected chi connectivity index (χ4v) is 3.57. The molecule has 0 unspecified atom stereocenters. The minimum atomic E-state index is -0.396. The Morgan fingerprint density at radius 3 is 2.26 bits per heavy atom. The summed E-state index contributed by atoms with van der Waals surface area (Å²) < 4.78 is 13.5. The first kappa shape index (κ1) is 17.4. The molecule has 27 heavy (non-hydrogen) atoms. The van der Waals surface area contributed by atoms with E-state index in [1.54, 1.807) is 17.0 Å². The molecule has 0 aliphatic carbocycles. The molecule has 5 heteroatoms. The Morgan fingerprint density at radius 2 is 1.56 bits per heavy atom. The van der Waals surface area contributed by atoms with Gasteiger partial charge >= 0.3 is 0 Å². The van der Waals surface area contributed by atoms with E-state index in [0.717, 1.165) is 12.1 Å². The molecule has 1 heterocycles. The summed E-state index contributed by atoms with van der Waals surface area (Å²) in [5.74, 6) is -0.564. The second-order valence-corrected chi connectivity index (χ2v) is 6.77. The molecule has 134 valence electrons. The lowest BCUT2D eigenvalue weighted by atomic mass is 10.0. The van der Waals surface area contributed by atoms with Crippen LogP contribution in [-0.4, -0.2) is 17.6 Å². The van der Waals surface area contributed by atoms with Crippen LogP contribution in [0.5, 0.6) is 0 Å². The number of benzene rings is 3. The summed E-state index contributed by atoms with van der Waals surface area (Å²) in [6.45, 7) is 0.146. The predicted molar refractivity (Wildman–Crippen MR) is 110 cm³/mol. The molecule has 3 aromatic carbocycles. The van der Waals surface area contributed by atoms with Crippen molar-refractivity contribution in [3.05, 3.63) is 95.8 Å². The van der Waals surface area contributed by atoms with Crippen LogP contribution < -0.4 is 9.80 Å². The van der Waals surface area contributed by atoms with E-state index in [-0.39, 0.29) is 12.5 Å². The fraction of sp³-hybridized carbons (Fsp3) is 0.0909. The van der Waals surface area contributed by atoms with Crippen molar-refractivity contribution in [2.24, 2.45) is 0 Å². The topological polar surface area (TPSA) is 23.6 Å². The first-order chi connectivity index (χ1) is 13.1. The standard InChI is InChI=1S/C22H17FN2OS/c23-18-7-4-8-20(14-18)25-21(26)15-24(22(25)27)19-11-9-17(10-12-19)13-16-5-2-1-3-6-16/h1-12,14H,13,15H2. The van der Waals surface area contributed by atoms with Crippen LogP contribution in [0.25, 0.3) is 0 Å². The van der Waals surface area contributed by atoms with Crippen LogP contribution in [0, 0.1) is 5.82 Å². The smallest absolute Gasteiger partial charge is 0.253 e. The number of anilines is 2. The van der Waals surface area contributed by atoms with E-state index in [1.807, 2.05) is 42.5 Å². The summed E-state index contributed by atoms with van der Waals surface area (Å²) in [6, 6.07) is 24.2. The molecule has 0 radical (unpaired) electrons. The lowest BCUT2D eigenvalue weighted by molar-refractivity contribution is -0.115. The van der Waals surface area contributed by atoms with Crippen LogP contribution in [0.1, 0.15) is 11.1 Å². The van der Waals surface area contributed by atoms with Gasteiger partial charge in [-0.25, -0.2) is 4.39 Å². The normalized spacial score (nSPS) is 14.1. The zero-order valence-corrected chi connectivity index (χ0v) is 15.3. The highest BCUT2D eigenvalue weighted by Crippen LogP contribution is 2.27. The molecule has 4 rings (SSSR count). The SMILES string of the molecule is O=C1CN(c2ccc(Cc3ccccc3)cc2)C(=S)N1c1cccc(F)c1. The van der Waals surface area contributed by atoms with Gasteiger partial charge in [0.2, 0.25) is 0 Å². The quantitative estimate of drug-likeness (QED) is 0.624. The van der Waals surface area contributed by atoms with E-state index in [0.29, 0.717) is 10.8 Å². The third kappa shape index (κ3) is 3.59. The van der Waals surface area contributed by atoms with Crippen LogP contribution >= 0.6 is 12.2 Å². The summed E-state index contributed by atoms with van der Waals surface area (Å²) in [5.41, 5.74) is 3.73. The van der Waals surface area contributed by atoms with Crippen LogP contribution in [0.2, 0.25) is 0 Å². The van der Waals surface area contributed by atoms with Crippen molar-refractivity contribution < 1.29 is 9.18 Å². The largest absolute Gasteiger partial charge is 0.309 e. The van der Waals surface area contributed by atoms with Gasteiger partial charge in [-0.1, -0.05) is 48.5 Å². The lowest BCUT2D eigenvalue weighted by Crippen LogP contribution is -2.32. The summed E-state index contributed by atoms with van der Waals surface area (Å²) in [7, 11) is 0. The van der Waals surface area contributed by atoms with Crippen LogP contribution in [0.4, 0.5) is 15.8 Å². The van der Waals surface area contributed by atoms with Crippen molar-refractivity contribution in [3.63, 3.8) is 0 Å². The van der Waals surface area contributed by atoms with Gasteiger partial charge in [-0.15, -0.1) is 0 Å². The Morgan fingerprint density at radius 1 is 0.852 bits per heavy atom. The Hall–Kier alpha value is -3.05. The van der Waals surface area contributed by atoms with E-state index in [4.69, 9.17) is 12.2 Å². The predicted octanol–water partition coefficient (Wildman–Crippen LogP) is 4.55. The van der Waals surface area contributed by atoms with Crippen LogP contribution in [-0.2, 0) is 11.2 Å². The molecule has 1 aliphatic rings. The highest BCUT2D eigenvalue weighted by atomic mass is 32.1. The molecule has 0 N–H and O–H groups in total. The minimum absolute atomic E-state index is 0.146. The van der Waals surface area contributed by atoms with Crippen molar-refractivity contribution in [2.75, 3.05) is 16.3 Å². The minimum Gasteiger partial charge on any atom is -0.309 e. The highest BCUT2D eigenvalue weighted by Gasteiger charge is 2.34. The summed E-state index contributed by atoms with van der Waals surface area (Å²) >= 11 is 5.49. The number of halogens is 1. The lowest BCUT2D eigenvalue weighted by Gasteiger charge is -2.20. The molecular weight excluding hydrogens is 359 g/mol. The molecule has 0 aromatic heterocycles. The van der Waals surface area contributed by atoms with Crippen molar-refractivity contribution in [2.45, 2.75) is 6.42 Å². The maximum Gasteiger partial charge on any atom is 0.253 e. The molecule has 0 bridgehead atoms. The molecular formula is C22H17FN2OS. The Bertz CT molecular complexity index is 989. The van der Waals surface area contributed by atoms with Gasteiger partial charge in [0.1, 0.15) is 12.4 Å². The Labute approximate surface area is 162 Å². The average molecular weight is 376 g/mol.